The summed E-state index contributed by atoms with van der Waals surface area (Å²) in [5, 5.41) is 3.35. The lowest BCUT2D eigenvalue weighted by molar-refractivity contribution is -0.135. The van der Waals surface area contributed by atoms with Crippen molar-refractivity contribution in [1.82, 2.24) is 15.1 Å². The van der Waals surface area contributed by atoms with E-state index < -0.39 is 0 Å². The minimum Gasteiger partial charge on any atom is -0.369 e. The predicted molar refractivity (Wildman–Crippen MR) is 77.0 cm³/mol. The summed E-state index contributed by atoms with van der Waals surface area (Å²) in [7, 11) is 0. The lowest BCUT2D eigenvalue weighted by Crippen LogP contribution is -2.53. The van der Waals surface area contributed by atoms with Crippen LogP contribution in [0.1, 0.15) is 26.2 Å². The smallest absolute Gasteiger partial charge is 0.240 e. The topological polar surface area (TPSA) is 78.7 Å². The van der Waals surface area contributed by atoms with Crippen molar-refractivity contribution < 1.29 is 9.59 Å². The van der Waals surface area contributed by atoms with E-state index in [1.807, 2.05) is 9.80 Å². The van der Waals surface area contributed by atoms with E-state index in [1.165, 1.54) is 0 Å². The van der Waals surface area contributed by atoms with Gasteiger partial charge in [-0.15, -0.1) is 0 Å². The van der Waals surface area contributed by atoms with Crippen LogP contribution >= 0.6 is 0 Å². The molecule has 2 heterocycles. The number of nitrogens with two attached hydrogens (primary N) is 1. The first kappa shape index (κ1) is 15.3. The molecule has 2 amide bonds. The Hall–Kier alpha value is -1.14. The van der Waals surface area contributed by atoms with Crippen LogP contribution in [0, 0.1) is 5.92 Å². The molecule has 0 aromatic heterocycles. The van der Waals surface area contributed by atoms with Gasteiger partial charge in [-0.05, 0) is 31.7 Å². The highest BCUT2D eigenvalue weighted by Crippen LogP contribution is 2.18. The van der Waals surface area contributed by atoms with Crippen LogP contribution in [0.25, 0.3) is 0 Å². The van der Waals surface area contributed by atoms with Gasteiger partial charge in [-0.3, -0.25) is 14.5 Å². The van der Waals surface area contributed by atoms with Gasteiger partial charge in [0.25, 0.3) is 0 Å². The van der Waals surface area contributed by atoms with Crippen LogP contribution in [0.5, 0.6) is 0 Å². The Morgan fingerprint density at radius 2 is 2.00 bits per heavy atom. The Kier molecular flexibility index (Phi) is 5.37. The third kappa shape index (κ3) is 3.93. The van der Waals surface area contributed by atoms with Gasteiger partial charge in [0, 0.05) is 26.2 Å². The van der Waals surface area contributed by atoms with Gasteiger partial charge >= 0.3 is 0 Å². The maximum atomic E-state index is 12.6. The lowest BCUT2D eigenvalue weighted by Gasteiger charge is -2.33. The van der Waals surface area contributed by atoms with E-state index in [2.05, 4.69) is 12.2 Å². The van der Waals surface area contributed by atoms with Crippen molar-refractivity contribution in [2.45, 2.75) is 32.2 Å². The summed E-state index contributed by atoms with van der Waals surface area (Å²) in [6, 6.07) is -0.0357. The van der Waals surface area contributed by atoms with E-state index in [0.29, 0.717) is 19.0 Å². The second kappa shape index (κ2) is 7.04. The maximum Gasteiger partial charge on any atom is 0.240 e. The number of amides is 2. The van der Waals surface area contributed by atoms with Crippen molar-refractivity contribution >= 4 is 11.8 Å². The molecule has 6 heteroatoms. The Morgan fingerprint density at radius 1 is 1.20 bits per heavy atom. The van der Waals surface area contributed by atoms with Crippen LogP contribution in [-0.4, -0.2) is 66.9 Å². The van der Waals surface area contributed by atoms with E-state index in [4.69, 9.17) is 5.73 Å². The van der Waals surface area contributed by atoms with Gasteiger partial charge in [0.1, 0.15) is 0 Å². The molecule has 0 bridgehead atoms. The molecule has 2 unspecified atom stereocenters. The average molecular weight is 282 g/mol. The SMILES string of the molecule is CC1CCCNC1C(=O)N1CCCN(CC(N)=O)CC1. The Bertz CT molecular complexity index is 361. The minimum atomic E-state index is -0.299. The molecule has 0 radical (unpaired) electrons. The van der Waals surface area contributed by atoms with Gasteiger partial charge in [-0.25, -0.2) is 0 Å². The van der Waals surface area contributed by atoms with E-state index in [-0.39, 0.29) is 17.9 Å². The summed E-state index contributed by atoms with van der Waals surface area (Å²) in [5.41, 5.74) is 5.23. The van der Waals surface area contributed by atoms with E-state index in [1.54, 1.807) is 0 Å². The summed E-state index contributed by atoms with van der Waals surface area (Å²) in [6.45, 7) is 6.40. The highest BCUT2D eigenvalue weighted by Gasteiger charge is 2.31. The summed E-state index contributed by atoms with van der Waals surface area (Å²) < 4.78 is 0. The Labute approximate surface area is 120 Å². The Morgan fingerprint density at radius 3 is 2.70 bits per heavy atom. The normalized spacial score (nSPS) is 28.9. The van der Waals surface area contributed by atoms with Crippen LogP contribution in [0.3, 0.4) is 0 Å². The summed E-state index contributed by atoms with van der Waals surface area (Å²) >= 11 is 0. The molecular formula is C14H26N4O2. The molecule has 0 aromatic carbocycles. The molecule has 0 aromatic rings. The highest BCUT2D eigenvalue weighted by atomic mass is 16.2. The van der Waals surface area contributed by atoms with Crippen molar-refractivity contribution in [3.05, 3.63) is 0 Å². The number of nitrogens with zero attached hydrogens (tertiary/aromatic N) is 2. The lowest BCUT2D eigenvalue weighted by atomic mass is 9.92. The van der Waals surface area contributed by atoms with Gasteiger partial charge in [-0.1, -0.05) is 6.92 Å². The highest BCUT2D eigenvalue weighted by molar-refractivity contribution is 5.82. The molecule has 114 valence electrons. The van der Waals surface area contributed by atoms with Gasteiger partial charge in [0.15, 0.2) is 0 Å². The summed E-state index contributed by atoms with van der Waals surface area (Å²) in [5.74, 6) is 0.326. The molecule has 2 atom stereocenters. The third-order valence-corrected chi connectivity index (χ3v) is 4.32. The fourth-order valence-electron chi connectivity index (χ4n) is 3.15. The Balaban J connectivity index is 1.89. The molecule has 0 spiro atoms. The zero-order valence-corrected chi connectivity index (χ0v) is 12.3. The molecule has 2 aliphatic rings. The van der Waals surface area contributed by atoms with Gasteiger partial charge in [0.2, 0.25) is 11.8 Å². The molecule has 20 heavy (non-hydrogen) atoms. The van der Waals surface area contributed by atoms with Crippen LogP contribution in [-0.2, 0) is 9.59 Å². The number of piperidine rings is 1. The van der Waals surface area contributed by atoms with Crippen LogP contribution in [0.2, 0.25) is 0 Å². The summed E-state index contributed by atoms with van der Waals surface area (Å²) in [4.78, 5) is 27.6. The molecule has 3 N–H and O–H groups in total. The number of hydrogen-bond donors (Lipinski definition) is 2. The van der Waals surface area contributed by atoms with Gasteiger partial charge in [0.05, 0.1) is 12.6 Å². The zero-order chi connectivity index (χ0) is 14.5. The molecule has 0 saturated carbocycles. The van der Waals surface area contributed by atoms with Crippen molar-refractivity contribution in [2.75, 3.05) is 39.3 Å². The van der Waals surface area contributed by atoms with Crippen molar-refractivity contribution in [3.63, 3.8) is 0 Å². The number of carbonyl (C=O) groups is 2. The molecule has 2 saturated heterocycles. The second-order valence-corrected chi connectivity index (χ2v) is 5.97. The second-order valence-electron chi connectivity index (χ2n) is 5.97. The molecular weight excluding hydrogens is 256 g/mol. The van der Waals surface area contributed by atoms with Gasteiger partial charge in [-0.2, -0.15) is 0 Å². The average Bonchev–Trinajstić information content (AvgIpc) is 2.63. The van der Waals surface area contributed by atoms with Crippen molar-refractivity contribution in [1.29, 1.82) is 0 Å². The van der Waals surface area contributed by atoms with E-state index >= 15 is 0 Å². The van der Waals surface area contributed by atoms with Crippen LogP contribution in [0.15, 0.2) is 0 Å². The fourth-order valence-corrected chi connectivity index (χ4v) is 3.15. The first-order valence-electron chi connectivity index (χ1n) is 7.61. The van der Waals surface area contributed by atoms with Crippen LogP contribution < -0.4 is 11.1 Å². The summed E-state index contributed by atoms with van der Waals surface area (Å²) in [6.07, 6.45) is 3.17. The van der Waals surface area contributed by atoms with E-state index in [9.17, 15) is 9.59 Å². The quantitative estimate of drug-likeness (QED) is 0.724. The number of primary amides is 1. The standard InChI is InChI=1S/C14H26N4O2/c1-11-4-2-5-16-13(11)14(20)18-7-3-6-17(8-9-18)10-12(15)19/h11,13,16H,2-10H2,1H3,(H2,15,19). The molecule has 2 rings (SSSR count). The number of rotatable bonds is 3. The number of carbonyl (C=O) groups excluding carboxylic acids is 2. The first-order chi connectivity index (χ1) is 9.58. The monoisotopic (exact) mass is 282 g/mol. The number of hydrogen-bond acceptors (Lipinski definition) is 4. The van der Waals surface area contributed by atoms with Gasteiger partial charge < -0.3 is 16.0 Å². The molecule has 6 nitrogen and oxygen atoms in total. The minimum absolute atomic E-state index is 0.0357. The molecule has 2 fully saturated rings. The number of nitrogens with one attached hydrogen (secondary N) is 1. The largest absolute Gasteiger partial charge is 0.369 e. The predicted octanol–water partition coefficient (Wildman–Crippen LogP) is -0.606. The first-order valence-corrected chi connectivity index (χ1v) is 7.61. The molecule has 0 aliphatic carbocycles. The van der Waals surface area contributed by atoms with E-state index in [0.717, 1.165) is 45.4 Å². The van der Waals surface area contributed by atoms with Crippen molar-refractivity contribution in [3.8, 4) is 0 Å². The van der Waals surface area contributed by atoms with Crippen LogP contribution in [0.4, 0.5) is 0 Å². The van der Waals surface area contributed by atoms with Crippen molar-refractivity contribution in [2.24, 2.45) is 11.7 Å². The zero-order valence-electron chi connectivity index (χ0n) is 12.3. The molecule has 2 aliphatic heterocycles. The fraction of sp³-hybridized carbons (Fsp3) is 0.857. The third-order valence-electron chi connectivity index (χ3n) is 4.32. The maximum absolute atomic E-state index is 12.6.